The number of ether oxygens (including phenoxy) is 1. The molecule has 0 saturated heterocycles. The molecular formula is C24H30N2O3. The van der Waals surface area contributed by atoms with E-state index < -0.39 is 6.04 Å². The predicted molar refractivity (Wildman–Crippen MR) is 114 cm³/mol. The lowest BCUT2D eigenvalue weighted by molar-refractivity contribution is -0.122. The van der Waals surface area contributed by atoms with Gasteiger partial charge < -0.3 is 15.4 Å². The van der Waals surface area contributed by atoms with Crippen LogP contribution in [-0.2, 0) is 16.6 Å². The molecule has 29 heavy (non-hydrogen) atoms. The van der Waals surface area contributed by atoms with Crippen LogP contribution in [0, 0.1) is 5.92 Å². The van der Waals surface area contributed by atoms with Crippen LogP contribution in [0.4, 0.5) is 0 Å². The fourth-order valence-corrected chi connectivity index (χ4v) is 3.39. The summed E-state index contributed by atoms with van der Waals surface area (Å²) >= 11 is 0. The van der Waals surface area contributed by atoms with E-state index in [1.807, 2.05) is 30.3 Å². The fraction of sp³-hybridized carbons (Fsp3) is 0.417. The van der Waals surface area contributed by atoms with E-state index in [1.54, 1.807) is 19.1 Å². The molecule has 0 bridgehead atoms. The molecule has 2 atom stereocenters. The van der Waals surface area contributed by atoms with Crippen LogP contribution in [-0.4, -0.2) is 31.0 Å². The summed E-state index contributed by atoms with van der Waals surface area (Å²) in [7, 11) is 0. The maximum Gasteiger partial charge on any atom is 0.251 e. The van der Waals surface area contributed by atoms with Crippen LogP contribution in [0.1, 0.15) is 49.2 Å². The molecule has 2 N–H and O–H groups in total. The number of amides is 2. The second-order valence-corrected chi connectivity index (χ2v) is 8.76. The monoisotopic (exact) mass is 394 g/mol. The molecular weight excluding hydrogens is 364 g/mol. The number of para-hydroxylation sites is 1. The minimum absolute atomic E-state index is 0.0333. The molecule has 5 nitrogen and oxygen atoms in total. The zero-order valence-corrected chi connectivity index (χ0v) is 17.6. The van der Waals surface area contributed by atoms with E-state index in [0.717, 1.165) is 23.3 Å². The van der Waals surface area contributed by atoms with Gasteiger partial charge in [0.05, 0.1) is 6.61 Å². The Morgan fingerprint density at radius 2 is 1.79 bits per heavy atom. The Hall–Kier alpha value is -2.82. The molecule has 1 aliphatic heterocycles. The topological polar surface area (TPSA) is 67.4 Å². The highest BCUT2D eigenvalue weighted by atomic mass is 16.5. The van der Waals surface area contributed by atoms with Gasteiger partial charge in [-0.1, -0.05) is 51.1 Å². The van der Waals surface area contributed by atoms with E-state index >= 15 is 0 Å². The van der Waals surface area contributed by atoms with E-state index in [1.165, 1.54) is 0 Å². The standard InChI is InChI=1S/C24H30N2O3/c1-16(26-23(28)18-9-11-20(12-10-18)24(2,3)4)22(27)25-14-17-13-19-7-5-6-8-21(19)29-15-17/h5-12,16-17H,13-15H2,1-4H3,(H,25,27)(H,26,28). The van der Waals surface area contributed by atoms with Crippen molar-refractivity contribution >= 4 is 11.8 Å². The third-order valence-corrected chi connectivity index (χ3v) is 5.27. The van der Waals surface area contributed by atoms with E-state index in [0.29, 0.717) is 18.7 Å². The lowest BCUT2D eigenvalue weighted by Gasteiger charge is -2.26. The van der Waals surface area contributed by atoms with Gasteiger partial charge in [0, 0.05) is 18.0 Å². The summed E-state index contributed by atoms with van der Waals surface area (Å²) in [5.41, 5.74) is 2.91. The van der Waals surface area contributed by atoms with Gasteiger partial charge >= 0.3 is 0 Å². The normalized spacial score (nSPS) is 16.9. The summed E-state index contributed by atoms with van der Waals surface area (Å²) in [5, 5.41) is 5.71. The molecule has 2 amide bonds. The van der Waals surface area contributed by atoms with E-state index in [-0.39, 0.29) is 23.1 Å². The molecule has 2 aromatic carbocycles. The van der Waals surface area contributed by atoms with Crippen LogP contribution in [0.3, 0.4) is 0 Å². The molecule has 5 heteroatoms. The maximum atomic E-state index is 12.5. The summed E-state index contributed by atoms with van der Waals surface area (Å²) in [6.07, 6.45) is 0.872. The number of hydrogen-bond donors (Lipinski definition) is 2. The predicted octanol–water partition coefficient (Wildman–Crippen LogP) is 3.47. The molecule has 154 valence electrons. The molecule has 2 aromatic rings. The van der Waals surface area contributed by atoms with Gasteiger partial charge in [-0.3, -0.25) is 9.59 Å². The summed E-state index contributed by atoms with van der Waals surface area (Å²) in [5.74, 6) is 0.710. The van der Waals surface area contributed by atoms with Gasteiger partial charge in [0.25, 0.3) is 5.91 Å². The smallest absolute Gasteiger partial charge is 0.251 e. The van der Waals surface area contributed by atoms with E-state index in [9.17, 15) is 9.59 Å². The molecule has 0 radical (unpaired) electrons. The first kappa shape index (κ1) is 20.9. The van der Waals surface area contributed by atoms with Gasteiger partial charge in [0.15, 0.2) is 0 Å². The molecule has 0 fully saturated rings. The maximum absolute atomic E-state index is 12.5. The number of rotatable bonds is 5. The molecule has 0 spiro atoms. The quantitative estimate of drug-likeness (QED) is 0.816. The van der Waals surface area contributed by atoms with Crippen molar-refractivity contribution in [3.8, 4) is 5.75 Å². The van der Waals surface area contributed by atoms with E-state index in [2.05, 4.69) is 37.5 Å². The number of hydrogen-bond acceptors (Lipinski definition) is 3. The zero-order valence-electron chi connectivity index (χ0n) is 17.6. The highest BCUT2D eigenvalue weighted by molar-refractivity contribution is 5.97. The Kier molecular flexibility index (Phi) is 6.26. The molecule has 1 heterocycles. The zero-order chi connectivity index (χ0) is 21.0. The van der Waals surface area contributed by atoms with Crippen molar-refractivity contribution in [2.75, 3.05) is 13.2 Å². The lowest BCUT2D eigenvalue weighted by atomic mass is 9.86. The highest BCUT2D eigenvalue weighted by Crippen LogP contribution is 2.26. The number of benzene rings is 2. The first-order valence-corrected chi connectivity index (χ1v) is 10.1. The minimum atomic E-state index is -0.610. The first-order chi connectivity index (χ1) is 13.7. The van der Waals surface area contributed by atoms with Crippen molar-refractivity contribution in [3.63, 3.8) is 0 Å². The number of fused-ring (bicyclic) bond motifs is 1. The number of nitrogens with one attached hydrogen (secondary N) is 2. The first-order valence-electron chi connectivity index (χ1n) is 10.1. The van der Waals surface area contributed by atoms with Crippen LogP contribution < -0.4 is 15.4 Å². The van der Waals surface area contributed by atoms with Crippen molar-refractivity contribution < 1.29 is 14.3 Å². The van der Waals surface area contributed by atoms with Crippen LogP contribution in [0.2, 0.25) is 0 Å². The van der Waals surface area contributed by atoms with Gasteiger partial charge in [-0.25, -0.2) is 0 Å². The number of carbonyl (C=O) groups is 2. The Bertz CT molecular complexity index is 868. The highest BCUT2D eigenvalue weighted by Gasteiger charge is 2.22. The van der Waals surface area contributed by atoms with Crippen LogP contribution in [0.15, 0.2) is 48.5 Å². The third kappa shape index (κ3) is 5.37. The molecule has 0 aromatic heterocycles. The van der Waals surface area contributed by atoms with Gasteiger partial charge in [-0.15, -0.1) is 0 Å². The summed E-state index contributed by atoms with van der Waals surface area (Å²) in [4.78, 5) is 24.9. The largest absolute Gasteiger partial charge is 0.493 e. The average Bonchev–Trinajstić information content (AvgIpc) is 2.71. The second-order valence-electron chi connectivity index (χ2n) is 8.76. The van der Waals surface area contributed by atoms with Crippen LogP contribution in [0.25, 0.3) is 0 Å². The summed E-state index contributed by atoms with van der Waals surface area (Å²) in [6.45, 7) is 9.19. The van der Waals surface area contributed by atoms with Gasteiger partial charge in [0.2, 0.25) is 5.91 Å². The van der Waals surface area contributed by atoms with Gasteiger partial charge in [-0.2, -0.15) is 0 Å². The van der Waals surface area contributed by atoms with Crippen molar-refractivity contribution in [2.45, 2.75) is 45.6 Å². The SMILES string of the molecule is CC(NC(=O)c1ccc(C(C)(C)C)cc1)C(=O)NCC1COc2ccccc2C1. The summed E-state index contributed by atoms with van der Waals surface area (Å²) in [6, 6.07) is 14.9. The van der Waals surface area contributed by atoms with Crippen molar-refractivity contribution in [3.05, 3.63) is 65.2 Å². The van der Waals surface area contributed by atoms with Crippen LogP contribution >= 0.6 is 0 Å². The Balaban J connectivity index is 1.48. The van der Waals surface area contributed by atoms with Crippen molar-refractivity contribution in [1.29, 1.82) is 0 Å². The second kappa shape index (κ2) is 8.68. The Morgan fingerprint density at radius 1 is 1.10 bits per heavy atom. The summed E-state index contributed by atoms with van der Waals surface area (Å²) < 4.78 is 5.76. The van der Waals surface area contributed by atoms with Crippen LogP contribution in [0.5, 0.6) is 5.75 Å². The molecule has 3 rings (SSSR count). The molecule has 2 unspecified atom stereocenters. The number of carbonyl (C=O) groups excluding carboxylic acids is 2. The molecule has 1 aliphatic rings. The lowest BCUT2D eigenvalue weighted by Crippen LogP contribution is -2.46. The van der Waals surface area contributed by atoms with Gasteiger partial charge in [-0.05, 0) is 48.1 Å². The average molecular weight is 395 g/mol. The molecule has 0 saturated carbocycles. The third-order valence-electron chi connectivity index (χ3n) is 5.27. The Labute approximate surface area is 172 Å². The van der Waals surface area contributed by atoms with Crippen molar-refractivity contribution in [2.24, 2.45) is 5.92 Å². The van der Waals surface area contributed by atoms with Crippen molar-refractivity contribution in [1.82, 2.24) is 10.6 Å². The minimum Gasteiger partial charge on any atom is -0.493 e. The van der Waals surface area contributed by atoms with Gasteiger partial charge in [0.1, 0.15) is 11.8 Å². The van der Waals surface area contributed by atoms with E-state index in [4.69, 9.17) is 4.74 Å². The fourth-order valence-electron chi connectivity index (χ4n) is 3.39. The molecule has 0 aliphatic carbocycles. The Morgan fingerprint density at radius 3 is 2.48 bits per heavy atom.